The minimum atomic E-state index is -4.19. The van der Waals surface area contributed by atoms with E-state index in [0.717, 1.165) is 27.4 Å². The fraction of sp³-hybridized carbons (Fsp3) is 0.257. The zero-order chi connectivity index (χ0) is 31.7. The van der Waals surface area contributed by atoms with E-state index in [1.165, 1.54) is 17.0 Å². The molecule has 1 atom stereocenters. The molecule has 0 unspecified atom stereocenters. The van der Waals surface area contributed by atoms with Crippen LogP contribution in [0.5, 0.6) is 0 Å². The molecular weight excluding hydrogens is 594 g/mol. The van der Waals surface area contributed by atoms with Crippen molar-refractivity contribution in [3.05, 3.63) is 130 Å². The highest BCUT2D eigenvalue weighted by Crippen LogP contribution is 2.31. The molecule has 7 nitrogen and oxygen atoms in total. The number of hydrogen-bond donors (Lipinski definition) is 1. The molecule has 0 aliphatic rings. The Morgan fingerprint density at radius 2 is 1.45 bits per heavy atom. The SMILES string of the molecule is CCCNC(=O)[C@@H](Cc1ccccc1)N(Cc1ccc(C)cc1)C(=O)CN(c1cccc(Cl)c1C)S(=O)(=O)c1ccccc1. The molecule has 4 aromatic rings. The van der Waals surface area contributed by atoms with Crippen LogP contribution in [0.1, 0.15) is 35.6 Å². The molecule has 4 rings (SSSR count). The first kappa shape index (κ1) is 32.8. The van der Waals surface area contributed by atoms with Crippen molar-refractivity contribution in [2.45, 2.75) is 51.1 Å². The summed E-state index contributed by atoms with van der Waals surface area (Å²) in [5.41, 5.74) is 3.57. The number of sulfonamides is 1. The lowest BCUT2D eigenvalue weighted by Crippen LogP contribution is -2.53. The van der Waals surface area contributed by atoms with Gasteiger partial charge < -0.3 is 10.2 Å². The smallest absolute Gasteiger partial charge is 0.264 e. The molecule has 0 spiro atoms. The Morgan fingerprint density at radius 1 is 0.818 bits per heavy atom. The Bertz CT molecular complexity index is 1660. The topological polar surface area (TPSA) is 86.8 Å². The highest BCUT2D eigenvalue weighted by atomic mass is 35.5. The highest BCUT2D eigenvalue weighted by Gasteiger charge is 2.35. The van der Waals surface area contributed by atoms with Gasteiger partial charge in [0.2, 0.25) is 11.8 Å². The quantitative estimate of drug-likeness (QED) is 0.187. The van der Waals surface area contributed by atoms with Crippen LogP contribution in [-0.2, 0) is 32.6 Å². The van der Waals surface area contributed by atoms with Crippen LogP contribution in [0.2, 0.25) is 5.02 Å². The van der Waals surface area contributed by atoms with Crippen LogP contribution in [0.3, 0.4) is 0 Å². The summed E-state index contributed by atoms with van der Waals surface area (Å²) >= 11 is 6.43. The molecule has 0 aromatic heterocycles. The highest BCUT2D eigenvalue weighted by molar-refractivity contribution is 7.92. The second-order valence-corrected chi connectivity index (χ2v) is 13.0. The van der Waals surface area contributed by atoms with E-state index in [1.54, 1.807) is 43.3 Å². The van der Waals surface area contributed by atoms with Gasteiger partial charge in [0.25, 0.3) is 10.0 Å². The van der Waals surface area contributed by atoms with Crippen LogP contribution in [0.4, 0.5) is 5.69 Å². The monoisotopic (exact) mass is 631 g/mol. The van der Waals surface area contributed by atoms with E-state index in [9.17, 15) is 18.0 Å². The lowest BCUT2D eigenvalue weighted by molar-refractivity contribution is -0.140. The molecule has 230 valence electrons. The van der Waals surface area contributed by atoms with Crippen LogP contribution in [0.25, 0.3) is 0 Å². The van der Waals surface area contributed by atoms with Crippen LogP contribution in [0.15, 0.2) is 108 Å². The van der Waals surface area contributed by atoms with Gasteiger partial charge in [0.1, 0.15) is 12.6 Å². The van der Waals surface area contributed by atoms with Gasteiger partial charge in [-0.15, -0.1) is 0 Å². The third-order valence-electron chi connectivity index (χ3n) is 7.41. The van der Waals surface area contributed by atoms with E-state index < -0.39 is 28.5 Å². The van der Waals surface area contributed by atoms with E-state index in [-0.39, 0.29) is 23.8 Å². The number of halogens is 1. The van der Waals surface area contributed by atoms with Crippen molar-refractivity contribution in [1.82, 2.24) is 10.2 Å². The van der Waals surface area contributed by atoms with Crippen molar-refractivity contribution in [2.24, 2.45) is 0 Å². The number of hydrogen-bond acceptors (Lipinski definition) is 4. The molecule has 44 heavy (non-hydrogen) atoms. The molecular formula is C35H38ClN3O4S. The summed E-state index contributed by atoms with van der Waals surface area (Å²) in [5.74, 6) is -0.815. The Labute approximate surface area is 265 Å². The number of carbonyl (C=O) groups excluding carboxylic acids is 2. The van der Waals surface area contributed by atoms with Crippen molar-refractivity contribution in [1.29, 1.82) is 0 Å². The molecule has 0 heterocycles. The summed E-state index contributed by atoms with van der Waals surface area (Å²) in [4.78, 5) is 29.7. The molecule has 4 aromatic carbocycles. The van der Waals surface area contributed by atoms with Gasteiger partial charge in [-0.05, 0) is 61.2 Å². The number of anilines is 1. The number of benzene rings is 4. The first-order chi connectivity index (χ1) is 21.1. The second-order valence-electron chi connectivity index (χ2n) is 10.7. The minimum Gasteiger partial charge on any atom is -0.354 e. The zero-order valence-corrected chi connectivity index (χ0v) is 26.8. The maximum atomic E-state index is 14.5. The van der Waals surface area contributed by atoms with E-state index in [2.05, 4.69) is 5.32 Å². The predicted octanol–water partition coefficient (Wildman–Crippen LogP) is 6.32. The molecule has 1 N–H and O–H groups in total. The van der Waals surface area contributed by atoms with E-state index in [1.807, 2.05) is 68.4 Å². The second kappa shape index (κ2) is 15.0. The van der Waals surface area contributed by atoms with Crippen molar-refractivity contribution in [3.8, 4) is 0 Å². The summed E-state index contributed by atoms with van der Waals surface area (Å²) in [6.07, 6.45) is 0.989. The van der Waals surface area contributed by atoms with Gasteiger partial charge in [0, 0.05) is 24.5 Å². The van der Waals surface area contributed by atoms with E-state index in [0.29, 0.717) is 22.8 Å². The third-order valence-corrected chi connectivity index (χ3v) is 9.60. The van der Waals surface area contributed by atoms with Crippen molar-refractivity contribution in [3.63, 3.8) is 0 Å². The Morgan fingerprint density at radius 3 is 2.09 bits per heavy atom. The van der Waals surface area contributed by atoms with Crippen LogP contribution in [0, 0.1) is 13.8 Å². The molecule has 0 radical (unpaired) electrons. The number of aryl methyl sites for hydroxylation is 1. The summed E-state index contributed by atoms with van der Waals surface area (Å²) < 4.78 is 29.3. The Hall–Kier alpha value is -4.14. The van der Waals surface area contributed by atoms with Gasteiger partial charge in [0.05, 0.1) is 10.6 Å². The molecule has 0 saturated carbocycles. The van der Waals surface area contributed by atoms with Gasteiger partial charge in [-0.3, -0.25) is 13.9 Å². The summed E-state index contributed by atoms with van der Waals surface area (Å²) in [5, 5.41) is 3.33. The van der Waals surface area contributed by atoms with E-state index in [4.69, 9.17) is 11.6 Å². The fourth-order valence-corrected chi connectivity index (χ4v) is 6.57. The molecule has 0 bridgehead atoms. The van der Waals surface area contributed by atoms with Crippen molar-refractivity contribution >= 4 is 39.1 Å². The normalized spacial score (nSPS) is 11.9. The predicted molar refractivity (Wildman–Crippen MR) is 176 cm³/mol. The van der Waals surface area contributed by atoms with Crippen molar-refractivity contribution in [2.75, 3.05) is 17.4 Å². The molecule has 0 aliphatic heterocycles. The molecule has 9 heteroatoms. The average Bonchev–Trinajstić information content (AvgIpc) is 3.03. The van der Waals surface area contributed by atoms with Crippen molar-refractivity contribution < 1.29 is 18.0 Å². The number of nitrogens with one attached hydrogen (secondary N) is 1. The van der Waals surface area contributed by atoms with Gasteiger partial charge in [-0.2, -0.15) is 0 Å². The number of amides is 2. The van der Waals surface area contributed by atoms with Crippen LogP contribution < -0.4 is 9.62 Å². The Balaban J connectivity index is 1.81. The minimum absolute atomic E-state index is 0.0405. The Kier molecular flexibility index (Phi) is 11.2. The lowest BCUT2D eigenvalue weighted by atomic mass is 10.0. The standard InChI is InChI=1S/C35H38ClN3O4S/c1-4-22-37-35(41)33(23-28-12-7-5-8-13-28)38(24-29-20-18-26(2)19-21-29)34(40)25-39(32-17-11-16-31(36)27(32)3)44(42,43)30-14-9-6-10-15-30/h5-21,33H,4,22-25H2,1-3H3,(H,37,41)/t33-/m1/s1. The molecule has 0 fully saturated rings. The van der Waals surface area contributed by atoms with Gasteiger partial charge in [0.15, 0.2) is 0 Å². The largest absolute Gasteiger partial charge is 0.354 e. The first-order valence-electron chi connectivity index (χ1n) is 14.6. The average molecular weight is 632 g/mol. The fourth-order valence-electron chi connectivity index (χ4n) is 4.91. The maximum Gasteiger partial charge on any atom is 0.264 e. The van der Waals surface area contributed by atoms with E-state index >= 15 is 0 Å². The zero-order valence-electron chi connectivity index (χ0n) is 25.2. The van der Waals surface area contributed by atoms with Crippen LogP contribution >= 0.6 is 11.6 Å². The summed E-state index contributed by atoms with van der Waals surface area (Å²) in [6, 6.07) is 29.3. The number of nitrogens with zero attached hydrogens (tertiary/aromatic N) is 2. The molecule has 0 saturated heterocycles. The maximum absolute atomic E-state index is 14.5. The van der Waals surface area contributed by atoms with Gasteiger partial charge in [-0.1, -0.05) is 103 Å². The first-order valence-corrected chi connectivity index (χ1v) is 16.4. The van der Waals surface area contributed by atoms with Gasteiger partial charge in [-0.25, -0.2) is 8.42 Å². The summed E-state index contributed by atoms with van der Waals surface area (Å²) in [7, 11) is -4.19. The van der Waals surface area contributed by atoms with Crippen LogP contribution in [-0.4, -0.2) is 44.3 Å². The molecule has 0 aliphatic carbocycles. The van der Waals surface area contributed by atoms with Gasteiger partial charge >= 0.3 is 0 Å². The molecule has 2 amide bonds. The lowest BCUT2D eigenvalue weighted by Gasteiger charge is -2.34. The number of carbonyl (C=O) groups is 2. The third kappa shape index (κ3) is 8.07. The summed E-state index contributed by atoms with van der Waals surface area (Å²) in [6.45, 7) is 5.69. The number of rotatable bonds is 13.